The van der Waals surface area contributed by atoms with Gasteiger partial charge in [-0.2, -0.15) is 0 Å². The fourth-order valence-electron chi connectivity index (χ4n) is 2.10. The highest BCUT2D eigenvalue weighted by Gasteiger charge is 2.11. The molecule has 0 aliphatic carbocycles. The zero-order valence-electron chi connectivity index (χ0n) is 14.1. The van der Waals surface area contributed by atoms with Crippen LogP contribution in [0.1, 0.15) is 25.0 Å². The van der Waals surface area contributed by atoms with Gasteiger partial charge in [0.1, 0.15) is 12.4 Å². The zero-order valence-corrected chi connectivity index (χ0v) is 14.1. The molecule has 24 heavy (non-hydrogen) atoms. The fraction of sp³-hybridized carbons (Fsp3) is 0.368. The number of aromatic nitrogens is 1. The summed E-state index contributed by atoms with van der Waals surface area (Å²) in [5.74, 6) is 0.722. The van der Waals surface area contributed by atoms with E-state index in [1.807, 2.05) is 50.2 Å². The van der Waals surface area contributed by atoms with Crippen LogP contribution in [0.4, 0.5) is 0 Å². The minimum atomic E-state index is -0.525. The van der Waals surface area contributed by atoms with Crippen molar-refractivity contribution in [3.8, 4) is 5.75 Å². The van der Waals surface area contributed by atoms with Crippen LogP contribution in [0.25, 0.3) is 0 Å². The number of pyridine rings is 1. The second kappa shape index (κ2) is 9.03. The molecule has 2 N–H and O–H groups in total. The van der Waals surface area contributed by atoms with Gasteiger partial charge >= 0.3 is 0 Å². The molecule has 0 bridgehead atoms. The molecule has 0 aliphatic heterocycles. The van der Waals surface area contributed by atoms with E-state index < -0.39 is 6.10 Å². The lowest BCUT2D eigenvalue weighted by Crippen LogP contribution is -2.35. The van der Waals surface area contributed by atoms with Gasteiger partial charge in [-0.25, -0.2) is 0 Å². The Morgan fingerprint density at radius 1 is 1.25 bits per heavy atom. The second-order valence-electron chi connectivity index (χ2n) is 6.09. The van der Waals surface area contributed by atoms with Gasteiger partial charge in [-0.3, -0.25) is 9.78 Å². The van der Waals surface area contributed by atoms with E-state index in [2.05, 4.69) is 10.3 Å². The maximum Gasteiger partial charge on any atom is 0.224 e. The number of hydrogen-bond donors (Lipinski definition) is 2. The molecule has 128 valence electrons. The Bertz CT molecular complexity index is 644. The first kappa shape index (κ1) is 17.9. The summed E-state index contributed by atoms with van der Waals surface area (Å²) in [5.41, 5.74) is 1.86. The monoisotopic (exact) mass is 328 g/mol. The Balaban J connectivity index is 1.84. The molecule has 0 radical (unpaired) electrons. The van der Waals surface area contributed by atoms with Crippen LogP contribution >= 0.6 is 0 Å². The Morgan fingerprint density at radius 2 is 2.04 bits per heavy atom. The number of rotatable bonds is 8. The maximum absolute atomic E-state index is 12.0. The number of nitrogens with zero attached hydrogens (tertiary/aromatic N) is 1. The van der Waals surface area contributed by atoms with E-state index in [1.54, 1.807) is 12.4 Å². The number of ether oxygens (including phenoxy) is 1. The minimum absolute atomic E-state index is 0.112. The van der Waals surface area contributed by atoms with Crippen LogP contribution in [0.15, 0.2) is 48.8 Å². The highest BCUT2D eigenvalue weighted by Crippen LogP contribution is 2.15. The Labute approximate surface area is 142 Å². The van der Waals surface area contributed by atoms with Crippen molar-refractivity contribution < 1.29 is 14.6 Å². The predicted molar refractivity (Wildman–Crippen MR) is 92.6 cm³/mol. The molecule has 1 aromatic carbocycles. The highest BCUT2D eigenvalue weighted by atomic mass is 16.5. The summed E-state index contributed by atoms with van der Waals surface area (Å²) in [5, 5.41) is 12.5. The van der Waals surface area contributed by atoms with Gasteiger partial charge in [0.2, 0.25) is 5.91 Å². The van der Waals surface area contributed by atoms with Crippen molar-refractivity contribution in [2.45, 2.75) is 33.0 Å². The maximum atomic E-state index is 12.0. The molecule has 5 nitrogen and oxygen atoms in total. The summed E-state index contributed by atoms with van der Waals surface area (Å²) in [6.45, 7) is 4.54. The van der Waals surface area contributed by atoms with Gasteiger partial charge < -0.3 is 15.2 Å². The number of benzene rings is 1. The molecule has 1 aromatic heterocycles. The van der Waals surface area contributed by atoms with E-state index in [0.29, 0.717) is 12.4 Å². The van der Waals surface area contributed by atoms with Crippen molar-refractivity contribution in [2.24, 2.45) is 5.92 Å². The van der Waals surface area contributed by atoms with Crippen molar-refractivity contribution in [1.29, 1.82) is 0 Å². The van der Waals surface area contributed by atoms with Crippen molar-refractivity contribution in [1.82, 2.24) is 10.3 Å². The average Bonchev–Trinajstić information content (AvgIpc) is 2.59. The number of carbonyl (C=O) groups is 1. The molecule has 0 aliphatic rings. The molecule has 1 heterocycles. The number of aliphatic hydroxyl groups excluding tert-OH is 1. The van der Waals surface area contributed by atoms with E-state index in [0.717, 1.165) is 11.1 Å². The van der Waals surface area contributed by atoms with Crippen molar-refractivity contribution in [2.75, 3.05) is 6.54 Å². The van der Waals surface area contributed by atoms with Crippen LogP contribution in [0.3, 0.4) is 0 Å². The molecule has 1 atom stereocenters. The molecule has 1 unspecified atom stereocenters. The molecule has 0 saturated carbocycles. The number of hydrogen-bond acceptors (Lipinski definition) is 4. The second-order valence-corrected chi connectivity index (χ2v) is 6.09. The molecule has 0 saturated heterocycles. The highest BCUT2D eigenvalue weighted by molar-refractivity contribution is 5.78. The molecule has 1 amide bonds. The summed E-state index contributed by atoms with van der Waals surface area (Å²) < 4.78 is 5.73. The van der Waals surface area contributed by atoms with E-state index >= 15 is 0 Å². The molecule has 2 aromatic rings. The standard InChI is InChI=1S/C19H24N2O3/c1-14(2)18(22)12-21-19(23)10-15-5-3-7-17(9-15)24-13-16-6-4-8-20-11-16/h3-9,11,14,18,22H,10,12-13H2,1-2H3,(H,21,23). The van der Waals surface area contributed by atoms with Crippen LogP contribution < -0.4 is 10.1 Å². The third-order valence-electron chi connectivity index (χ3n) is 3.67. The molecule has 0 spiro atoms. The topological polar surface area (TPSA) is 71.5 Å². The predicted octanol–water partition coefficient (Wildman–Crippen LogP) is 2.34. The molecular formula is C19H24N2O3. The van der Waals surface area contributed by atoms with Gasteiger partial charge in [0.05, 0.1) is 12.5 Å². The summed E-state index contributed by atoms with van der Waals surface area (Å²) in [4.78, 5) is 16.0. The Kier molecular flexibility index (Phi) is 6.75. The van der Waals surface area contributed by atoms with Gasteiger partial charge in [0, 0.05) is 24.5 Å². The molecule has 5 heteroatoms. The first-order valence-corrected chi connectivity index (χ1v) is 8.10. The quantitative estimate of drug-likeness (QED) is 0.780. The lowest BCUT2D eigenvalue weighted by molar-refractivity contribution is -0.121. The van der Waals surface area contributed by atoms with E-state index in [-0.39, 0.29) is 24.8 Å². The summed E-state index contributed by atoms with van der Waals surface area (Å²) in [6.07, 6.45) is 3.22. The van der Waals surface area contributed by atoms with Gasteiger partial charge in [-0.15, -0.1) is 0 Å². The van der Waals surface area contributed by atoms with E-state index in [4.69, 9.17) is 4.74 Å². The fourth-order valence-corrected chi connectivity index (χ4v) is 2.10. The van der Waals surface area contributed by atoms with Crippen molar-refractivity contribution in [3.63, 3.8) is 0 Å². The summed E-state index contributed by atoms with van der Waals surface area (Å²) in [7, 11) is 0. The Morgan fingerprint density at radius 3 is 2.75 bits per heavy atom. The van der Waals surface area contributed by atoms with Gasteiger partial charge in [-0.1, -0.05) is 32.0 Å². The van der Waals surface area contributed by atoms with Crippen LogP contribution in [0, 0.1) is 5.92 Å². The van der Waals surface area contributed by atoms with Crippen molar-refractivity contribution in [3.05, 3.63) is 59.9 Å². The van der Waals surface area contributed by atoms with Gasteiger partial charge in [0.15, 0.2) is 0 Å². The molecular weight excluding hydrogens is 304 g/mol. The number of amides is 1. The zero-order chi connectivity index (χ0) is 17.4. The smallest absolute Gasteiger partial charge is 0.224 e. The first-order chi connectivity index (χ1) is 11.5. The third kappa shape index (κ3) is 6.01. The lowest BCUT2D eigenvalue weighted by atomic mass is 10.1. The van der Waals surface area contributed by atoms with Crippen molar-refractivity contribution >= 4 is 5.91 Å². The van der Waals surface area contributed by atoms with Crippen LogP contribution in [-0.2, 0) is 17.8 Å². The van der Waals surface area contributed by atoms with Gasteiger partial charge in [0.25, 0.3) is 0 Å². The van der Waals surface area contributed by atoms with Gasteiger partial charge in [-0.05, 0) is 29.7 Å². The Hall–Kier alpha value is -2.40. The van der Waals surface area contributed by atoms with E-state index in [9.17, 15) is 9.90 Å². The summed E-state index contributed by atoms with van der Waals surface area (Å²) >= 11 is 0. The molecule has 2 rings (SSSR count). The number of carbonyl (C=O) groups excluding carboxylic acids is 1. The average molecular weight is 328 g/mol. The van der Waals surface area contributed by atoms with E-state index in [1.165, 1.54) is 0 Å². The third-order valence-corrected chi connectivity index (χ3v) is 3.67. The normalized spacial score (nSPS) is 12.0. The largest absolute Gasteiger partial charge is 0.489 e. The first-order valence-electron chi connectivity index (χ1n) is 8.10. The van der Waals surface area contributed by atoms with Crippen LogP contribution in [-0.4, -0.2) is 28.6 Å². The molecule has 0 fully saturated rings. The number of aliphatic hydroxyl groups is 1. The minimum Gasteiger partial charge on any atom is -0.489 e. The lowest BCUT2D eigenvalue weighted by Gasteiger charge is -2.15. The number of nitrogens with one attached hydrogen (secondary N) is 1. The summed E-state index contributed by atoms with van der Waals surface area (Å²) in [6, 6.07) is 11.3. The van der Waals surface area contributed by atoms with Crippen LogP contribution in [0.2, 0.25) is 0 Å². The SMILES string of the molecule is CC(C)C(O)CNC(=O)Cc1cccc(OCc2cccnc2)c1. The van der Waals surface area contributed by atoms with Crippen LogP contribution in [0.5, 0.6) is 5.75 Å².